The Labute approximate surface area is 264 Å². The molecule has 44 heavy (non-hydrogen) atoms. The van der Waals surface area contributed by atoms with Crippen LogP contribution in [-0.4, -0.2) is 68.6 Å². The number of carbonyl (C=O) groups excluding carboxylic acids is 1. The molecule has 10 atom stereocenters. The summed E-state index contributed by atoms with van der Waals surface area (Å²) in [6.07, 6.45) is 11.4. The summed E-state index contributed by atoms with van der Waals surface area (Å²) in [5.74, 6) is 2.64. The first-order valence-electron chi connectivity index (χ1n) is 16.5. The van der Waals surface area contributed by atoms with E-state index in [1.165, 1.54) is 32.1 Å². The zero-order chi connectivity index (χ0) is 32.5. The van der Waals surface area contributed by atoms with E-state index in [0.29, 0.717) is 53.4 Å². The molecule has 4 aliphatic rings. The van der Waals surface area contributed by atoms with Crippen LogP contribution in [0, 0.1) is 46.3 Å². The second-order valence-corrected chi connectivity index (χ2v) is 17.8. The summed E-state index contributed by atoms with van der Waals surface area (Å²) in [6.45, 7) is 10.4. The van der Waals surface area contributed by atoms with Gasteiger partial charge in [-0.25, -0.2) is 8.75 Å². The normalized spacial score (nSPS) is 38.1. The van der Waals surface area contributed by atoms with Gasteiger partial charge in [0.05, 0.1) is 24.1 Å². The standard InChI is InChI=1S/C31H56NO10PS/c1-20(2)42-27-18-22-17-23(39-6)11-13-30(22,4)26-12-14-31(5)24(8-9-25(31)29(26)27)21(3)7-10-28(33)32-15-16-44(37,38)41-19-40-43(34,35)36/h20-27,29H,7-19H2,1-6H3,(H,32,33)(H2,34,35,36). The minimum atomic E-state index is -4.83. The molecule has 0 radical (unpaired) electrons. The number of ether oxygens (including phenoxy) is 2. The van der Waals surface area contributed by atoms with Crippen LogP contribution < -0.4 is 5.32 Å². The molecule has 11 nitrogen and oxygen atoms in total. The minimum Gasteiger partial charge on any atom is -0.381 e. The molecule has 4 rings (SSSR count). The molecule has 0 aromatic carbocycles. The van der Waals surface area contributed by atoms with Crippen LogP contribution >= 0.6 is 7.82 Å². The van der Waals surface area contributed by atoms with Gasteiger partial charge < -0.3 is 24.6 Å². The summed E-state index contributed by atoms with van der Waals surface area (Å²) in [5, 5.41) is 2.64. The summed E-state index contributed by atoms with van der Waals surface area (Å²) >= 11 is 0. The van der Waals surface area contributed by atoms with Gasteiger partial charge in [0.1, 0.15) is 0 Å². The minimum absolute atomic E-state index is 0.153. The van der Waals surface area contributed by atoms with Crippen LogP contribution in [0.5, 0.6) is 0 Å². The van der Waals surface area contributed by atoms with Crippen molar-refractivity contribution in [3.05, 3.63) is 0 Å². The highest BCUT2D eigenvalue weighted by atomic mass is 32.2. The maximum Gasteiger partial charge on any atom is 0.471 e. The van der Waals surface area contributed by atoms with E-state index in [9.17, 15) is 17.8 Å². The monoisotopic (exact) mass is 665 g/mol. The molecule has 0 aliphatic heterocycles. The predicted molar refractivity (Wildman–Crippen MR) is 166 cm³/mol. The Hall–Kier alpha value is -0.590. The third-order valence-electron chi connectivity index (χ3n) is 12.1. The molecule has 4 fully saturated rings. The summed E-state index contributed by atoms with van der Waals surface area (Å²) in [6, 6.07) is 0. The SMILES string of the molecule is COC1CCC2(C)C(C1)CC(OC(C)C)C1C2CCC2(C)C(C(C)CCC(=O)NCCS(=O)(=O)OCOP(=O)(O)O)CCC12. The fourth-order valence-electron chi connectivity index (χ4n) is 10.0. The number of phosphoric ester groups is 1. The maximum atomic E-state index is 12.6. The molecule has 0 spiro atoms. The summed E-state index contributed by atoms with van der Waals surface area (Å²) in [5.41, 5.74) is 0.550. The lowest BCUT2D eigenvalue weighted by Gasteiger charge is -2.63. The van der Waals surface area contributed by atoms with Crippen molar-refractivity contribution in [1.29, 1.82) is 0 Å². The number of carbonyl (C=O) groups is 1. The highest BCUT2D eigenvalue weighted by molar-refractivity contribution is 7.86. The van der Waals surface area contributed by atoms with Crippen LogP contribution in [0.2, 0.25) is 0 Å². The molecule has 0 saturated heterocycles. The maximum absolute atomic E-state index is 12.6. The van der Waals surface area contributed by atoms with Gasteiger partial charge in [-0.2, -0.15) is 8.42 Å². The van der Waals surface area contributed by atoms with Crippen molar-refractivity contribution in [2.45, 2.75) is 117 Å². The van der Waals surface area contributed by atoms with Crippen molar-refractivity contribution in [3.63, 3.8) is 0 Å². The van der Waals surface area contributed by atoms with E-state index < -0.39 is 30.5 Å². The Morgan fingerprint density at radius 1 is 1.02 bits per heavy atom. The fourth-order valence-corrected chi connectivity index (χ4v) is 11.0. The molecular formula is C31H56NO10PS. The zero-order valence-electron chi connectivity index (χ0n) is 27.4. The smallest absolute Gasteiger partial charge is 0.381 e. The molecule has 4 saturated carbocycles. The molecule has 0 bridgehead atoms. The lowest BCUT2D eigenvalue weighted by Crippen LogP contribution is -2.59. The average Bonchev–Trinajstić information content (AvgIpc) is 3.27. The van der Waals surface area contributed by atoms with E-state index in [4.69, 9.17) is 19.3 Å². The number of amides is 1. The fraction of sp³-hybridized carbons (Fsp3) is 0.968. The first-order chi connectivity index (χ1) is 20.5. The molecule has 1 amide bonds. The molecular weight excluding hydrogens is 609 g/mol. The number of hydrogen-bond donors (Lipinski definition) is 3. The summed E-state index contributed by atoms with van der Waals surface area (Å²) in [7, 11) is -7.08. The molecule has 0 heterocycles. The lowest BCUT2D eigenvalue weighted by atomic mass is 9.43. The first kappa shape index (κ1) is 36.2. The van der Waals surface area contributed by atoms with Crippen LogP contribution in [-0.2, 0) is 37.7 Å². The largest absolute Gasteiger partial charge is 0.471 e. The highest BCUT2D eigenvalue weighted by Gasteiger charge is 2.63. The highest BCUT2D eigenvalue weighted by Crippen LogP contribution is 2.69. The van der Waals surface area contributed by atoms with Crippen LogP contribution in [0.15, 0.2) is 0 Å². The van der Waals surface area contributed by atoms with E-state index in [0.717, 1.165) is 25.7 Å². The predicted octanol–water partition coefficient (Wildman–Crippen LogP) is 5.01. The third kappa shape index (κ3) is 8.27. The average molecular weight is 666 g/mol. The van der Waals surface area contributed by atoms with Crippen LogP contribution in [0.4, 0.5) is 0 Å². The van der Waals surface area contributed by atoms with Gasteiger partial charge in [0.15, 0.2) is 6.79 Å². The van der Waals surface area contributed by atoms with Crippen molar-refractivity contribution < 1.29 is 45.7 Å². The second-order valence-electron chi connectivity index (χ2n) is 14.8. The topological polar surface area (TPSA) is 158 Å². The van der Waals surface area contributed by atoms with E-state index in [2.05, 4.69) is 48.6 Å². The van der Waals surface area contributed by atoms with Crippen molar-refractivity contribution in [3.8, 4) is 0 Å². The molecule has 10 unspecified atom stereocenters. The number of nitrogens with one attached hydrogen (secondary N) is 1. The number of rotatable bonds is 14. The van der Waals surface area contributed by atoms with Crippen LogP contribution in [0.25, 0.3) is 0 Å². The van der Waals surface area contributed by atoms with Crippen molar-refractivity contribution in [1.82, 2.24) is 5.32 Å². The molecule has 4 aliphatic carbocycles. The van der Waals surface area contributed by atoms with Gasteiger partial charge in [-0.1, -0.05) is 20.8 Å². The molecule has 0 aromatic rings. The number of phosphoric acid groups is 1. The Bertz CT molecular complexity index is 1150. The van der Waals surface area contributed by atoms with Gasteiger partial charge in [0.25, 0.3) is 10.1 Å². The Morgan fingerprint density at radius 2 is 1.70 bits per heavy atom. The number of fused-ring (bicyclic) bond motifs is 5. The lowest BCUT2D eigenvalue weighted by molar-refractivity contribution is -0.198. The van der Waals surface area contributed by atoms with E-state index in [1.54, 1.807) is 0 Å². The quantitative estimate of drug-likeness (QED) is 0.131. The Kier molecular flexibility index (Phi) is 11.7. The van der Waals surface area contributed by atoms with Gasteiger partial charge in [0, 0.05) is 20.1 Å². The van der Waals surface area contributed by atoms with Gasteiger partial charge in [-0.05, 0) is 118 Å². The Morgan fingerprint density at radius 3 is 2.36 bits per heavy atom. The van der Waals surface area contributed by atoms with Crippen LogP contribution in [0.1, 0.15) is 98.8 Å². The van der Waals surface area contributed by atoms with Gasteiger partial charge in [-0.15, -0.1) is 0 Å². The van der Waals surface area contributed by atoms with E-state index in [1.807, 2.05) is 7.11 Å². The van der Waals surface area contributed by atoms with Gasteiger partial charge in [-0.3, -0.25) is 9.32 Å². The number of hydrogen-bond acceptors (Lipinski definition) is 8. The number of methoxy groups -OCH3 is 1. The molecule has 3 N–H and O–H groups in total. The van der Waals surface area contributed by atoms with Gasteiger partial charge >= 0.3 is 7.82 Å². The molecule has 0 aromatic heterocycles. The summed E-state index contributed by atoms with van der Waals surface area (Å²) in [4.78, 5) is 29.9. The van der Waals surface area contributed by atoms with Crippen LogP contribution in [0.3, 0.4) is 0 Å². The van der Waals surface area contributed by atoms with Crippen molar-refractivity contribution >= 4 is 23.8 Å². The van der Waals surface area contributed by atoms with Crippen molar-refractivity contribution in [2.75, 3.05) is 26.2 Å². The second kappa shape index (κ2) is 14.3. The van der Waals surface area contributed by atoms with E-state index in [-0.39, 0.29) is 30.1 Å². The molecule has 13 heteroatoms. The Balaban J connectivity index is 1.34. The first-order valence-corrected chi connectivity index (χ1v) is 19.6. The van der Waals surface area contributed by atoms with Gasteiger partial charge in [0.2, 0.25) is 5.91 Å². The zero-order valence-corrected chi connectivity index (χ0v) is 29.1. The van der Waals surface area contributed by atoms with Crippen molar-refractivity contribution in [2.24, 2.45) is 46.3 Å². The molecule has 256 valence electrons. The third-order valence-corrected chi connectivity index (χ3v) is 13.7. The summed E-state index contributed by atoms with van der Waals surface area (Å²) < 4.78 is 55.5. The van der Waals surface area contributed by atoms with E-state index >= 15 is 0 Å².